The van der Waals surface area contributed by atoms with Gasteiger partial charge in [-0.15, -0.1) is 0 Å². The molecule has 1 saturated heterocycles. The van der Waals surface area contributed by atoms with Crippen molar-refractivity contribution in [2.45, 2.75) is 24.9 Å². The summed E-state index contributed by atoms with van der Waals surface area (Å²) in [6, 6.07) is 8.65. The van der Waals surface area contributed by atoms with Crippen LogP contribution in [-0.2, 0) is 23.1 Å². The fourth-order valence-electron chi connectivity index (χ4n) is 2.86. The predicted octanol–water partition coefficient (Wildman–Crippen LogP) is 1.41. The Bertz CT molecular complexity index is 734. The average molecular weight is 334 g/mol. The molecule has 2 aromatic rings. The molecule has 0 radical (unpaired) electrons. The van der Waals surface area contributed by atoms with Crippen LogP contribution in [0.15, 0.2) is 47.8 Å². The third kappa shape index (κ3) is 3.46. The van der Waals surface area contributed by atoms with Gasteiger partial charge in [0.2, 0.25) is 10.0 Å². The molecule has 6 nitrogen and oxygen atoms in total. The summed E-state index contributed by atoms with van der Waals surface area (Å²) in [5.41, 5.74) is 1.17. The molecule has 7 heteroatoms. The molecule has 0 aliphatic carbocycles. The summed E-state index contributed by atoms with van der Waals surface area (Å²) in [6.07, 6.45) is 3.72. The van der Waals surface area contributed by atoms with Crippen LogP contribution in [0.3, 0.4) is 0 Å². The highest BCUT2D eigenvalue weighted by molar-refractivity contribution is 7.89. The molecule has 1 fully saturated rings. The molecule has 0 saturated carbocycles. The van der Waals surface area contributed by atoms with Gasteiger partial charge in [-0.3, -0.25) is 4.90 Å². The van der Waals surface area contributed by atoms with Crippen molar-refractivity contribution in [1.29, 1.82) is 0 Å². The molecule has 1 aromatic heterocycles. The maximum absolute atomic E-state index is 12.6. The van der Waals surface area contributed by atoms with Gasteiger partial charge in [0.25, 0.3) is 0 Å². The van der Waals surface area contributed by atoms with Crippen molar-refractivity contribution in [3.63, 3.8) is 0 Å². The summed E-state index contributed by atoms with van der Waals surface area (Å²) < 4.78 is 28.9. The molecule has 0 N–H and O–H groups in total. The van der Waals surface area contributed by atoms with Gasteiger partial charge in [0.1, 0.15) is 0 Å². The third-order valence-corrected chi connectivity index (χ3v) is 6.15. The zero-order chi connectivity index (χ0) is 16.3. The Morgan fingerprint density at radius 3 is 2.43 bits per heavy atom. The summed E-state index contributed by atoms with van der Waals surface area (Å²) in [5, 5.41) is 0. The van der Waals surface area contributed by atoms with E-state index in [4.69, 9.17) is 0 Å². The monoisotopic (exact) mass is 334 g/mol. The molecular weight excluding hydrogens is 312 g/mol. The number of benzene rings is 1. The van der Waals surface area contributed by atoms with Gasteiger partial charge in [-0.1, -0.05) is 18.2 Å². The Morgan fingerprint density at radius 1 is 1.09 bits per heavy atom. The van der Waals surface area contributed by atoms with Gasteiger partial charge < -0.3 is 4.57 Å². The molecule has 0 atom stereocenters. The minimum atomic E-state index is -3.37. The van der Waals surface area contributed by atoms with Crippen LogP contribution >= 0.6 is 0 Å². The highest BCUT2D eigenvalue weighted by Crippen LogP contribution is 2.18. The average Bonchev–Trinajstić information content (AvgIpc) is 3.03. The van der Waals surface area contributed by atoms with E-state index in [1.54, 1.807) is 28.6 Å². The lowest BCUT2D eigenvalue weighted by atomic mass is 10.3. The smallest absolute Gasteiger partial charge is 0.243 e. The van der Waals surface area contributed by atoms with Gasteiger partial charge in [0.05, 0.1) is 16.9 Å². The van der Waals surface area contributed by atoms with E-state index < -0.39 is 10.0 Å². The van der Waals surface area contributed by atoms with E-state index in [9.17, 15) is 8.42 Å². The molecule has 0 bridgehead atoms. The fraction of sp³-hybridized carbons (Fsp3) is 0.438. The van der Waals surface area contributed by atoms with Crippen molar-refractivity contribution >= 4 is 10.0 Å². The van der Waals surface area contributed by atoms with Crippen LogP contribution in [0.4, 0.5) is 0 Å². The molecule has 23 heavy (non-hydrogen) atoms. The van der Waals surface area contributed by atoms with Crippen LogP contribution < -0.4 is 0 Å². The summed E-state index contributed by atoms with van der Waals surface area (Å²) in [6.45, 7) is 6.33. The van der Waals surface area contributed by atoms with Gasteiger partial charge in [0, 0.05) is 45.5 Å². The highest BCUT2D eigenvalue weighted by Gasteiger charge is 2.28. The molecule has 1 aliphatic heterocycles. The topological polar surface area (TPSA) is 58.4 Å². The maximum Gasteiger partial charge on any atom is 0.243 e. The quantitative estimate of drug-likeness (QED) is 0.829. The van der Waals surface area contributed by atoms with Crippen molar-refractivity contribution < 1.29 is 8.42 Å². The maximum atomic E-state index is 12.6. The van der Waals surface area contributed by atoms with Crippen LogP contribution in [0.25, 0.3) is 0 Å². The van der Waals surface area contributed by atoms with Crippen molar-refractivity contribution in [2.75, 3.05) is 26.2 Å². The number of imidazole rings is 1. The molecule has 124 valence electrons. The first-order chi connectivity index (χ1) is 11.1. The summed E-state index contributed by atoms with van der Waals surface area (Å²) in [7, 11) is -3.37. The summed E-state index contributed by atoms with van der Waals surface area (Å²) >= 11 is 0. The van der Waals surface area contributed by atoms with Gasteiger partial charge in [0.15, 0.2) is 0 Å². The zero-order valence-corrected chi connectivity index (χ0v) is 14.1. The van der Waals surface area contributed by atoms with E-state index in [1.165, 1.54) is 5.69 Å². The van der Waals surface area contributed by atoms with Gasteiger partial charge in [-0.25, -0.2) is 13.4 Å². The summed E-state index contributed by atoms with van der Waals surface area (Å²) in [4.78, 5) is 6.83. The lowest BCUT2D eigenvalue weighted by Gasteiger charge is -2.34. The zero-order valence-electron chi connectivity index (χ0n) is 13.3. The normalized spacial score (nSPS) is 17.4. The lowest BCUT2D eigenvalue weighted by Crippen LogP contribution is -2.48. The highest BCUT2D eigenvalue weighted by atomic mass is 32.2. The van der Waals surface area contributed by atoms with Crippen molar-refractivity contribution in [3.8, 4) is 0 Å². The first-order valence-corrected chi connectivity index (χ1v) is 9.32. The number of piperazine rings is 1. The van der Waals surface area contributed by atoms with E-state index in [-0.39, 0.29) is 0 Å². The number of aromatic nitrogens is 2. The van der Waals surface area contributed by atoms with Crippen molar-refractivity contribution in [3.05, 3.63) is 48.5 Å². The van der Waals surface area contributed by atoms with E-state index in [2.05, 4.69) is 21.4 Å². The SMILES string of the molecule is CCn1cncc1CN1CCN(S(=O)(=O)c2ccccc2)CC1. The second kappa shape index (κ2) is 6.82. The fourth-order valence-corrected chi connectivity index (χ4v) is 4.31. The Hall–Kier alpha value is -1.70. The van der Waals surface area contributed by atoms with Crippen LogP contribution in [-0.4, -0.2) is 53.4 Å². The molecule has 0 unspecified atom stereocenters. The lowest BCUT2D eigenvalue weighted by molar-refractivity contribution is 0.178. The molecule has 0 amide bonds. The molecule has 1 aliphatic rings. The van der Waals surface area contributed by atoms with Crippen LogP contribution in [0.5, 0.6) is 0 Å². The number of sulfonamides is 1. The van der Waals surface area contributed by atoms with E-state index in [1.807, 2.05) is 18.6 Å². The van der Waals surface area contributed by atoms with Crippen molar-refractivity contribution in [2.24, 2.45) is 0 Å². The Kier molecular flexibility index (Phi) is 4.79. The Morgan fingerprint density at radius 2 is 1.78 bits per heavy atom. The first kappa shape index (κ1) is 16.2. The second-order valence-electron chi connectivity index (χ2n) is 5.66. The van der Waals surface area contributed by atoms with Crippen LogP contribution in [0, 0.1) is 0 Å². The van der Waals surface area contributed by atoms with Crippen LogP contribution in [0.2, 0.25) is 0 Å². The third-order valence-electron chi connectivity index (χ3n) is 4.24. The standard InChI is InChI=1S/C16H22N4O2S/c1-2-19-14-17-12-15(19)13-18-8-10-20(11-9-18)23(21,22)16-6-4-3-5-7-16/h3-7,12,14H,2,8-11,13H2,1H3. The van der Waals surface area contributed by atoms with E-state index in [0.717, 1.165) is 26.2 Å². The number of hydrogen-bond donors (Lipinski definition) is 0. The minimum Gasteiger partial charge on any atom is -0.334 e. The molecular formula is C16H22N4O2S. The number of nitrogens with zero attached hydrogens (tertiary/aromatic N) is 4. The number of aryl methyl sites for hydroxylation is 1. The molecule has 2 heterocycles. The Balaban J connectivity index is 1.62. The molecule has 0 spiro atoms. The first-order valence-electron chi connectivity index (χ1n) is 7.88. The largest absolute Gasteiger partial charge is 0.334 e. The minimum absolute atomic E-state index is 0.373. The van der Waals surface area contributed by atoms with Gasteiger partial charge in [-0.05, 0) is 19.1 Å². The van der Waals surface area contributed by atoms with E-state index in [0.29, 0.717) is 18.0 Å². The van der Waals surface area contributed by atoms with E-state index >= 15 is 0 Å². The summed E-state index contributed by atoms with van der Waals surface area (Å²) in [5.74, 6) is 0. The number of rotatable bonds is 5. The van der Waals surface area contributed by atoms with Gasteiger partial charge in [-0.2, -0.15) is 4.31 Å². The second-order valence-corrected chi connectivity index (χ2v) is 7.60. The predicted molar refractivity (Wildman–Crippen MR) is 88.4 cm³/mol. The number of hydrogen-bond acceptors (Lipinski definition) is 4. The molecule has 3 rings (SSSR count). The van der Waals surface area contributed by atoms with Crippen LogP contribution in [0.1, 0.15) is 12.6 Å². The van der Waals surface area contributed by atoms with Crippen molar-refractivity contribution in [1.82, 2.24) is 18.8 Å². The van der Waals surface area contributed by atoms with Gasteiger partial charge >= 0.3 is 0 Å². The Labute approximate surface area is 137 Å². The molecule has 1 aromatic carbocycles.